The largest absolute Gasteiger partial charge is 0.353 e. The van der Waals surface area contributed by atoms with Gasteiger partial charge in [0, 0.05) is 58.2 Å². The molecule has 0 bridgehead atoms. The van der Waals surface area contributed by atoms with Gasteiger partial charge >= 0.3 is 0 Å². The predicted molar refractivity (Wildman–Crippen MR) is 111 cm³/mol. The van der Waals surface area contributed by atoms with Gasteiger partial charge in [0.1, 0.15) is 5.82 Å². The summed E-state index contributed by atoms with van der Waals surface area (Å²) in [5.74, 6) is 0.943. The second kappa shape index (κ2) is 8.88. The Kier molecular flexibility index (Phi) is 6.07. The second-order valence-electron chi connectivity index (χ2n) is 7.46. The van der Waals surface area contributed by atoms with Crippen LogP contribution in [-0.4, -0.2) is 64.9 Å². The number of aromatic nitrogens is 2. The first-order valence-electron chi connectivity index (χ1n) is 10.0. The summed E-state index contributed by atoms with van der Waals surface area (Å²) >= 11 is 5.92. The van der Waals surface area contributed by atoms with Crippen LogP contribution in [0, 0.1) is 0 Å². The number of hydrogen-bond donors (Lipinski definition) is 0. The van der Waals surface area contributed by atoms with Gasteiger partial charge in [-0.25, -0.2) is 4.98 Å². The fourth-order valence-electron chi connectivity index (χ4n) is 3.93. The van der Waals surface area contributed by atoms with Gasteiger partial charge in [-0.3, -0.25) is 14.7 Å². The van der Waals surface area contributed by atoms with Crippen molar-refractivity contribution in [1.29, 1.82) is 0 Å². The molecule has 6 nitrogen and oxygen atoms in total. The number of rotatable bonds is 4. The van der Waals surface area contributed by atoms with Crippen molar-refractivity contribution in [2.45, 2.75) is 25.8 Å². The van der Waals surface area contributed by atoms with Crippen molar-refractivity contribution in [1.82, 2.24) is 19.8 Å². The quantitative estimate of drug-likeness (QED) is 0.790. The van der Waals surface area contributed by atoms with E-state index < -0.39 is 0 Å². The Balaban J connectivity index is 1.40. The summed E-state index contributed by atoms with van der Waals surface area (Å²) in [6.45, 7) is 6.06. The summed E-state index contributed by atoms with van der Waals surface area (Å²) in [6, 6.07) is 7.64. The maximum atomic E-state index is 13.0. The lowest BCUT2D eigenvalue weighted by Gasteiger charge is -2.36. The van der Waals surface area contributed by atoms with Crippen LogP contribution in [0.5, 0.6) is 0 Å². The maximum Gasteiger partial charge on any atom is 0.257 e. The number of carbonyl (C=O) groups is 1. The first kappa shape index (κ1) is 19.2. The lowest BCUT2D eigenvalue weighted by atomic mass is 10.1. The standard InChI is InChI=1S/C21H26ClN5O/c22-17-6-7-18(24-15-17)16-25-11-13-26(14-12-25)20-19(5-4-8-23-20)21(28)27-9-2-1-3-10-27/h4-8,15H,1-3,9-14,16H2. The van der Waals surface area contributed by atoms with Crippen molar-refractivity contribution < 1.29 is 4.79 Å². The molecule has 0 aliphatic carbocycles. The number of pyridine rings is 2. The Bertz CT molecular complexity index is 799. The number of piperazine rings is 1. The average Bonchev–Trinajstić information content (AvgIpc) is 2.76. The number of hydrogen-bond acceptors (Lipinski definition) is 5. The zero-order valence-electron chi connectivity index (χ0n) is 16.1. The highest BCUT2D eigenvalue weighted by molar-refractivity contribution is 6.30. The van der Waals surface area contributed by atoms with Gasteiger partial charge in [0.15, 0.2) is 0 Å². The summed E-state index contributed by atoms with van der Waals surface area (Å²) in [5, 5.41) is 0.662. The zero-order valence-corrected chi connectivity index (χ0v) is 16.8. The van der Waals surface area contributed by atoms with E-state index in [-0.39, 0.29) is 5.91 Å². The number of nitrogens with zero attached hydrogens (tertiary/aromatic N) is 5. The van der Waals surface area contributed by atoms with Crippen molar-refractivity contribution in [3.8, 4) is 0 Å². The van der Waals surface area contributed by atoms with E-state index >= 15 is 0 Å². The van der Waals surface area contributed by atoms with E-state index in [9.17, 15) is 4.79 Å². The summed E-state index contributed by atoms with van der Waals surface area (Å²) < 4.78 is 0. The van der Waals surface area contributed by atoms with Crippen LogP contribution in [0.2, 0.25) is 5.02 Å². The van der Waals surface area contributed by atoms with Crippen LogP contribution in [0.3, 0.4) is 0 Å². The van der Waals surface area contributed by atoms with E-state index in [1.54, 1.807) is 12.4 Å². The van der Waals surface area contributed by atoms with E-state index in [0.717, 1.165) is 75.7 Å². The Morgan fingerprint density at radius 2 is 1.75 bits per heavy atom. The molecule has 2 saturated heterocycles. The first-order chi connectivity index (χ1) is 13.7. The topological polar surface area (TPSA) is 52.6 Å². The van der Waals surface area contributed by atoms with Crippen LogP contribution in [0.4, 0.5) is 5.82 Å². The third kappa shape index (κ3) is 4.45. The molecule has 2 aromatic heterocycles. The molecule has 0 radical (unpaired) electrons. The van der Waals surface area contributed by atoms with Crippen molar-refractivity contribution >= 4 is 23.3 Å². The van der Waals surface area contributed by atoms with Gasteiger partial charge in [0.2, 0.25) is 0 Å². The molecular formula is C21H26ClN5O. The molecule has 1 amide bonds. The van der Waals surface area contributed by atoms with Crippen LogP contribution in [0.15, 0.2) is 36.7 Å². The molecular weight excluding hydrogens is 374 g/mol. The fourth-order valence-corrected chi connectivity index (χ4v) is 4.04. The van der Waals surface area contributed by atoms with Crippen LogP contribution < -0.4 is 4.90 Å². The van der Waals surface area contributed by atoms with Crippen molar-refractivity contribution in [3.63, 3.8) is 0 Å². The summed E-state index contributed by atoms with van der Waals surface area (Å²) in [5.41, 5.74) is 1.76. The minimum atomic E-state index is 0.121. The number of likely N-dealkylation sites (tertiary alicyclic amines) is 1. The van der Waals surface area contributed by atoms with E-state index in [1.165, 1.54) is 6.42 Å². The van der Waals surface area contributed by atoms with Crippen LogP contribution in [-0.2, 0) is 6.54 Å². The first-order valence-corrected chi connectivity index (χ1v) is 10.4. The third-order valence-electron chi connectivity index (χ3n) is 5.51. The molecule has 0 N–H and O–H groups in total. The van der Waals surface area contributed by atoms with Gasteiger partial charge in [0.05, 0.1) is 16.3 Å². The molecule has 2 aliphatic heterocycles. The highest BCUT2D eigenvalue weighted by Crippen LogP contribution is 2.23. The summed E-state index contributed by atoms with van der Waals surface area (Å²) in [6.07, 6.45) is 6.89. The van der Waals surface area contributed by atoms with E-state index in [4.69, 9.17) is 11.6 Å². The number of anilines is 1. The normalized spacial score (nSPS) is 18.3. The lowest BCUT2D eigenvalue weighted by molar-refractivity contribution is 0.0724. The highest BCUT2D eigenvalue weighted by Gasteiger charge is 2.26. The lowest BCUT2D eigenvalue weighted by Crippen LogP contribution is -2.47. The second-order valence-corrected chi connectivity index (χ2v) is 7.89. The minimum Gasteiger partial charge on any atom is -0.353 e. The van der Waals surface area contributed by atoms with Crippen molar-refractivity contribution in [2.75, 3.05) is 44.2 Å². The molecule has 0 spiro atoms. The van der Waals surface area contributed by atoms with E-state index in [2.05, 4.69) is 19.8 Å². The molecule has 7 heteroatoms. The maximum absolute atomic E-state index is 13.0. The molecule has 2 aliphatic rings. The van der Waals surface area contributed by atoms with Gasteiger partial charge in [-0.2, -0.15) is 0 Å². The number of amides is 1. The minimum absolute atomic E-state index is 0.121. The highest BCUT2D eigenvalue weighted by atomic mass is 35.5. The predicted octanol–water partition coefficient (Wildman–Crippen LogP) is 3.08. The van der Waals surface area contributed by atoms with Gasteiger partial charge in [-0.1, -0.05) is 11.6 Å². The molecule has 0 unspecified atom stereocenters. The Hall–Kier alpha value is -2.18. The fraction of sp³-hybridized carbons (Fsp3) is 0.476. The molecule has 4 heterocycles. The molecule has 28 heavy (non-hydrogen) atoms. The Morgan fingerprint density at radius 3 is 2.46 bits per heavy atom. The van der Waals surface area contributed by atoms with E-state index in [0.29, 0.717) is 5.02 Å². The molecule has 148 valence electrons. The van der Waals surface area contributed by atoms with E-state index in [1.807, 2.05) is 29.2 Å². The summed E-state index contributed by atoms with van der Waals surface area (Å²) in [4.78, 5) is 28.6. The smallest absolute Gasteiger partial charge is 0.257 e. The third-order valence-corrected chi connectivity index (χ3v) is 5.73. The number of piperidine rings is 1. The van der Waals surface area contributed by atoms with Crippen LogP contribution in [0.1, 0.15) is 35.3 Å². The average molecular weight is 400 g/mol. The van der Waals surface area contributed by atoms with Crippen LogP contribution in [0.25, 0.3) is 0 Å². The zero-order chi connectivity index (χ0) is 19.3. The monoisotopic (exact) mass is 399 g/mol. The van der Waals surface area contributed by atoms with Gasteiger partial charge in [0.25, 0.3) is 5.91 Å². The molecule has 0 aromatic carbocycles. The SMILES string of the molecule is O=C(c1cccnc1N1CCN(Cc2ccc(Cl)cn2)CC1)N1CCCCC1. The molecule has 0 saturated carbocycles. The van der Waals surface area contributed by atoms with Crippen molar-refractivity contribution in [3.05, 3.63) is 52.9 Å². The number of carbonyl (C=O) groups excluding carboxylic acids is 1. The molecule has 2 fully saturated rings. The number of halogens is 1. The molecule has 2 aromatic rings. The van der Waals surface area contributed by atoms with Crippen LogP contribution >= 0.6 is 11.6 Å². The van der Waals surface area contributed by atoms with Crippen molar-refractivity contribution in [2.24, 2.45) is 0 Å². The Labute approximate surface area is 171 Å². The Morgan fingerprint density at radius 1 is 0.964 bits per heavy atom. The van der Waals surface area contributed by atoms with Gasteiger partial charge in [-0.15, -0.1) is 0 Å². The van der Waals surface area contributed by atoms with Gasteiger partial charge in [-0.05, 0) is 43.5 Å². The summed E-state index contributed by atoms with van der Waals surface area (Å²) in [7, 11) is 0. The van der Waals surface area contributed by atoms with Gasteiger partial charge < -0.3 is 9.80 Å². The molecule has 0 atom stereocenters. The molecule has 4 rings (SSSR count).